The van der Waals surface area contributed by atoms with Crippen molar-refractivity contribution in [2.24, 2.45) is 5.73 Å². The zero-order valence-corrected chi connectivity index (χ0v) is 11.7. The lowest BCUT2D eigenvalue weighted by atomic mass is 10.2. The number of fused-ring (bicyclic) bond motifs is 1. The number of hydrogen-bond donors (Lipinski definition) is 1. The summed E-state index contributed by atoms with van der Waals surface area (Å²) in [4.78, 5) is 15.1. The van der Waals surface area contributed by atoms with Crippen molar-refractivity contribution in [2.45, 2.75) is 6.42 Å². The average Bonchev–Trinajstić information content (AvgIpc) is 3.20. The van der Waals surface area contributed by atoms with E-state index in [9.17, 15) is 4.79 Å². The van der Waals surface area contributed by atoms with Crippen molar-refractivity contribution in [1.82, 2.24) is 14.7 Å². The van der Waals surface area contributed by atoms with E-state index in [2.05, 4.69) is 10.1 Å². The van der Waals surface area contributed by atoms with Crippen LogP contribution in [0.15, 0.2) is 59.7 Å². The van der Waals surface area contributed by atoms with E-state index < -0.39 is 0 Å². The van der Waals surface area contributed by atoms with Gasteiger partial charge in [0.25, 0.3) is 0 Å². The van der Waals surface area contributed by atoms with Gasteiger partial charge in [-0.25, -0.2) is 4.98 Å². The minimum absolute atomic E-state index is 0.546. The van der Waals surface area contributed by atoms with Crippen LogP contribution in [-0.4, -0.2) is 21.0 Å². The Balaban J connectivity index is 1.87. The fourth-order valence-corrected chi connectivity index (χ4v) is 2.17. The zero-order chi connectivity index (χ0) is 15.4. The highest BCUT2D eigenvalue weighted by atomic mass is 16.5. The minimum atomic E-state index is 0.546. The van der Waals surface area contributed by atoms with Crippen LogP contribution in [0, 0.1) is 0 Å². The summed E-state index contributed by atoms with van der Waals surface area (Å²) in [6.45, 7) is 0. The van der Waals surface area contributed by atoms with Gasteiger partial charge in [-0.1, -0.05) is 11.2 Å². The van der Waals surface area contributed by atoms with Crippen LogP contribution in [0.25, 0.3) is 16.7 Å². The van der Waals surface area contributed by atoms with E-state index in [0.717, 1.165) is 28.8 Å². The Kier molecular flexibility index (Phi) is 3.82. The highest BCUT2D eigenvalue weighted by Gasteiger charge is 2.05. The van der Waals surface area contributed by atoms with Gasteiger partial charge in [-0.2, -0.15) is 0 Å². The molecule has 0 aromatic carbocycles. The Morgan fingerprint density at radius 2 is 2.32 bits per heavy atom. The van der Waals surface area contributed by atoms with Crippen LogP contribution in [0.1, 0.15) is 16.1 Å². The number of allylic oxidation sites excluding steroid dienone is 3. The maximum Gasteiger partial charge on any atom is 0.151 e. The van der Waals surface area contributed by atoms with Crippen LogP contribution in [-0.2, 0) is 6.42 Å². The van der Waals surface area contributed by atoms with E-state index >= 15 is 0 Å². The van der Waals surface area contributed by atoms with E-state index in [4.69, 9.17) is 10.3 Å². The van der Waals surface area contributed by atoms with E-state index in [0.29, 0.717) is 12.0 Å². The first kappa shape index (κ1) is 13.8. The van der Waals surface area contributed by atoms with E-state index in [1.54, 1.807) is 12.3 Å². The van der Waals surface area contributed by atoms with Crippen molar-refractivity contribution in [3.05, 3.63) is 66.5 Å². The number of nitrogens with two attached hydrogens (primary N) is 1. The lowest BCUT2D eigenvalue weighted by molar-refractivity contribution is 0.112. The number of carbonyl (C=O) groups is 1. The first-order valence-electron chi connectivity index (χ1n) is 6.72. The molecule has 0 saturated heterocycles. The molecule has 6 heteroatoms. The summed E-state index contributed by atoms with van der Waals surface area (Å²) in [6, 6.07) is 5.49. The maximum atomic E-state index is 10.8. The monoisotopic (exact) mass is 294 g/mol. The Morgan fingerprint density at radius 1 is 1.41 bits per heavy atom. The molecular weight excluding hydrogens is 280 g/mol. The van der Waals surface area contributed by atoms with Crippen molar-refractivity contribution < 1.29 is 9.32 Å². The molecule has 0 unspecified atom stereocenters. The molecule has 3 heterocycles. The molecule has 110 valence electrons. The maximum absolute atomic E-state index is 10.8. The van der Waals surface area contributed by atoms with Gasteiger partial charge in [0.2, 0.25) is 0 Å². The standard InChI is InChI=1S/C16H14N4O2/c17-9-14(2-1-3-15-4-6-19-22-15)20-7-5-13-8-12(11-21)10-18-16(13)20/h1-2,4-11H,3,17H2/b2-1-,14-9+. The number of rotatable bonds is 5. The number of pyridine rings is 1. The number of aldehydes is 1. The van der Waals surface area contributed by atoms with Gasteiger partial charge in [0.05, 0.1) is 11.9 Å². The molecule has 22 heavy (non-hydrogen) atoms. The SMILES string of the molecule is N/C=C(\C=C/Cc1ccno1)n1ccc2cc(C=O)cnc21. The van der Waals surface area contributed by atoms with Crippen molar-refractivity contribution in [3.8, 4) is 0 Å². The summed E-state index contributed by atoms with van der Waals surface area (Å²) < 4.78 is 6.89. The van der Waals surface area contributed by atoms with Gasteiger partial charge in [-0.05, 0) is 18.2 Å². The third kappa shape index (κ3) is 2.67. The third-order valence-corrected chi connectivity index (χ3v) is 3.23. The quantitative estimate of drug-likeness (QED) is 0.576. The van der Waals surface area contributed by atoms with Gasteiger partial charge in [0.15, 0.2) is 6.29 Å². The summed E-state index contributed by atoms with van der Waals surface area (Å²) in [7, 11) is 0. The third-order valence-electron chi connectivity index (χ3n) is 3.23. The summed E-state index contributed by atoms with van der Waals surface area (Å²) in [5.41, 5.74) is 7.78. The predicted octanol–water partition coefficient (Wildman–Crippen LogP) is 2.39. The molecule has 0 aliphatic heterocycles. The summed E-state index contributed by atoms with van der Waals surface area (Å²) in [6.07, 6.45) is 11.7. The zero-order valence-electron chi connectivity index (χ0n) is 11.7. The Labute approximate surface area is 126 Å². The highest BCUT2D eigenvalue weighted by Crippen LogP contribution is 2.19. The summed E-state index contributed by atoms with van der Waals surface area (Å²) in [5, 5.41) is 4.54. The number of carbonyl (C=O) groups excluding carboxylic acids is 1. The van der Waals surface area contributed by atoms with Crippen molar-refractivity contribution in [2.75, 3.05) is 0 Å². The lowest BCUT2D eigenvalue weighted by Crippen LogP contribution is -1.98. The van der Waals surface area contributed by atoms with E-state index in [1.807, 2.05) is 35.0 Å². The molecule has 2 N–H and O–H groups in total. The second kappa shape index (κ2) is 6.09. The molecule has 0 aliphatic carbocycles. The highest BCUT2D eigenvalue weighted by molar-refractivity contribution is 5.86. The van der Waals surface area contributed by atoms with Gasteiger partial charge >= 0.3 is 0 Å². The Bertz CT molecular complexity index is 844. The summed E-state index contributed by atoms with van der Waals surface area (Å²) in [5.74, 6) is 0.777. The van der Waals surface area contributed by atoms with Gasteiger partial charge in [0, 0.05) is 42.0 Å². The molecule has 3 aromatic rings. The Hall–Kier alpha value is -3.15. The van der Waals surface area contributed by atoms with Gasteiger partial charge in [-0.3, -0.25) is 9.36 Å². The molecule has 0 amide bonds. The molecule has 0 aliphatic rings. The van der Waals surface area contributed by atoms with Gasteiger partial charge < -0.3 is 10.3 Å². The van der Waals surface area contributed by atoms with Crippen molar-refractivity contribution >= 4 is 23.0 Å². The molecule has 3 rings (SSSR count). The lowest BCUT2D eigenvalue weighted by Gasteiger charge is -2.05. The Morgan fingerprint density at radius 3 is 3.05 bits per heavy atom. The second-order valence-electron chi connectivity index (χ2n) is 4.66. The minimum Gasteiger partial charge on any atom is -0.403 e. The van der Waals surface area contributed by atoms with Crippen molar-refractivity contribution in [3.63, 3.8) is 0 Å². The van der Waals surface area contributed by atoms with Crippen LogP contribution in [0.5, 0.6) is 0 Å². The van der Waals surface area contributed by atoms with Crippen LogP contribution in [0.4, 0.5) is 0 Å². The topological polar surface area (TPSA) is 86.9 Å². The summed E-state index contributed by atoms with van der Waals surface area (Å²) >= 11 is 0. The predicted molar refractivity (Wildman–Crippen MR) is 82.9 cm³/mol. The van der Waals surface area contributed by atoms with E-state index in [-0.39, 0.29) is 0 Å². The molecular formula is C16H14N4O2. The first-order chi connectivity index (χ1) is 10.8. The largest absolute Gasteiger partial charge is 0.403 e. The molecule has 0 atom stereocenters. The molecule has 0 fully saturated rings. The number of aromatic nitrogens is 3. The average molecular weight is 294 g/mol. The fraction of sp³-hybridized carbons (Fsp3) is 0.0625. The van der Waals surface area contributed by atoms with Gasteiger partial charge in [0.1, 0.15) is 11.4 Å². The molecule has 0 bridgehead atoms. The normalized spacial score (nSPS) is 12.3. The van der Waals surface area contributed by atoms with Crippen molar-refractivity contribution in [1.29, 1.82) is 0 Å². The number of hydrogen-bond acceptors (Lipinski definition) is 5. The smallest absolute Gasteiger partial charge is 0.151 e. The van der Waals surface area contributed by atoms with Gasteiger partial charge in [-0.15, -0.1) is 0 Å². The molecule has 0 radical (unpaired) electrons. The van der Waals surface area contributed by atoms with E-state index in [1.165, 1.54) is 12.4 Å². The number of nitrogens with zero attached hydrogens (tertiary/aromatic N) is 3. The van der Waals surface area contributed by atoms with Crippen LogP contribution in [0.2, 0.25) is 0 Å². The molecule has 3 aromatic heterocycles. The molecule has 0 spiro atoms. The molecule has 0 saturated carbocycles. The van der Waals surface area contributed by atoms with Crippen LogP contribution < -0.4 is 5.73 Å². The fourth-order valence-electron chi connectivity index (χ4n) is 2.17. The molecule has 6 nitrogen and oxygen atoms in total. The van der Waals surface area contributed by atoms with Crippen LogP contribution in [0.3, 0.4) is 0 Å². The first-order valence-corrected chi connectivity index (χ1v) is 6.72. The van der Waals surface area contributed by atoms with Crippen LogP contribution >= 0.6 is 0 Å². The second-order valence-corrected chi connectivity index (χ2v) is 4.66.